The highest BCUT2D eigenvalue weighted by Crippen LogP contribution is 2.21. The first kappa shape index (κ1) is 19.8. The minimum Gasteiger partial charge on any atom is -0.492 e. The smallest absolute Gasteiger partial charge is 0.290 e. The molecule has 152 valence electrons. The molecule has 0 unspecified atom stereocenters. The topological polar surface area (TPSA) is 109 Å². The summed E-state index contributed by atoms with van der Waals surface area (Å²) in [5, 5.41) is 18.7. The maximum atomic E-state index is 12.5. The summed E-state index contributed by atoms with van der Waals surface area (Å²) in [5.74, 6) is -1.23. The number of carbonyl (C=O) groups is 1. The molecule has 1 fully saturated rings. The van der Waals surface area contributed by atoms with Crippen molar-refractivity contribution in [3.63, 3.8) is 0 Å². The molecule has 29 heavy (non-hydrogen) atoms. The number of nitrogens with one attached hydrogen (secondary N) is 1. The van der Waals surface area contributed by atoms with Gasteiger partial charge in [-0.1, -0.05) is 35.1 Å². The Balaban J connectivity index is 1.54. The third-order valence-corrected chi connectivity index (χ3v) is 5.64. The van der Waals surface area contributed by atoms with E-state index in [4.69, 9.17) is 16.3 Å². The fourth-order valence-electron chi connectivity index (χ4n) is 2.96. The van der Waals surface area contributed by atoms with E-state index in [9.17, 15) is 14.7 Å². The molecule has 1 aliphatic heterocycles. The van der Waals surface area contributed by atoms with E-state index >= 15 is 0 Å². The first-order chi connectivity index (χ1) is 14.0. The lowest BCUT2D eigenvalue weighted by Gasteiger charge is -2.25. The maximum absolute atomic E-state index is 12.5. The van der Waals surface area contributed by atoms with Crippen molar-refractivity contribution in [1.29, 1.82) is 0 Å². The quantitative estimate of drug-likeness (QED) is 0.621. The summed E-state index contributed by atoms with van der Waals surface area (Å²) < 4.78 is 6.46. The van der Waals surface area contributed by atoms with Crippen molar-refractivity contribution < 1.29 is 14.6 Å². The van der Waals surface area contributed by atoms with Crippen molar-refractivity contribution in [2.45, 2.75) is 13.1 Å². The molecule has 0 bridgehead atoms. The van der Waals surface area contributed by atoms with Crippen molar-refractivity contribution >= 4 is 33.8 Å². The summed E-state index contributed by atoms with van der Waals surface area (Å²) >= 11 is 7.05. The molecule has 0 radical (unpaired) electrons. The van der Waals surface area contributed by atoms with Crippen LogP contribution in [-0.4, -0.2) is 56.8 Å². The number of fused-ring (bicyclic) bond motifs is 1. The monoisotopic (exact) mass is 435 g/mol. The van der Waals surface area contributed by atoms with Crippen LogP contribution in [-0.2, 0) is 17.8 Å². The van der Waals surface area contributed by atoms with E-state index in [-0.39, 0.29) is 11.5 Å². The van der Waals surface area contributed by atoms with Gasteiger partial charge in [0.2, 0.25) is 10.8 Å². The number of hydrogen-bond donors (Lipinski definition) is 2. The molecule has 9 nitrogen and oxygen atoms in total. The Bertz CT molecular complexity index is 1090. The number of rotatable bonds is 5. The van der Waals surface area contributed by atoms with Crippen LogP contribution < -0.4 is 10.9 Å². The fraction of sp³-hybridized carbons (Fsp3) is 0.333. The largest absolute Gasteiger partial charge is 0.492 e. The first-order valence-corrected chi connectivity index (χ1v) is 10.1. The van der Waals surface area contributed by atoms with Crippen LogP contribution in [0.1, 0.15) is 20.9 Å². The number of nitrogens with zero attached hydrogens (tertiary/aromatic N) is 4. The lowest BCUT2D eigenvalue weighted by Crippen LogP contribution is -2.35. The maximum Gasteiger partial charge on any atom is 0.290 e. The van der Waals surface area contributed by atoms with E-state index in [1.54, 1.807) is 24.3 Å². The molecule has 3 heterocycles. The highest BCUT2D eigenvalue weighted by atomic mass is 35.5. The van der Waals surface area contributed by atoms with Crippen LogP contribution >= 0.6 is 22.9 Å². The average molecular weight is 436 g/mol. The number of benzene rings is 1. The summed E-state index contributed by atoms with van der Waals surface area (Å²) in [6.45, 7) is 3.62. The van der Waals surface area contributed by atoms with Gasteiger partial charge in [-0.3, -0.25) is 14.5 Å². The number of morpholine rings is 1. The van der Waals surface area contributed by atoms with E-state index in [1.807, 2.05) is 0 Å². The molecule has 2 aromatic heterocycles. The van der Waals surface area contributed by atoms with Crippen molar-refractivity contribution in [3.05, 3.63) is 55.8 Å². The van der Waals surface area contributed by atoms with Gasteiger partial charge in [0.15, 0.2) is 5.56 Å². The normalized spacial score (nSPS) is 14.9. The number of halogens is 1. The van der Waals surface area contributed by atoms with Gasteiger partial charge in [0.25, 0.3) is 11.5 Å². The van der Waals surface area contributed by atoms with Crippen LogP contribution in [0.25, 0.3) is 4.96 Å². The van der Waals surface area contributed by atoms with E-state index in [1.165, 1.54) is 11.3 Å². The fourth-order valence-corrected chi connectivity index (χ4v) is 4.01. The van der Waals surface area contributed by atoms with Gasteiger partial charge in [-0.25, -0.2) is 0 Å². The summed E-state index contributed by atoms with van der Waals surface area (Å²) in [7, 11) is 0. The number of amides is 1. The van der Waals surface area contributed by atoms with E-state index in [0.29, 0.717) is 29.8 Å². The molecule has 0 spiro atoms. The van der Waals surface area contributed by atoms with Gasteiger partial charge in [-0.2, -0.15) is 14.6 Å². The second kappa shape index (κ2) is 8.46. The molecule has 1 aromatic carbocycles. The molecule has 2 N–H and O–H groups in total. The molecule has 0 saturated carbocycles. The molecule has 11 heteroatoms. The van der Waals surface area contributed by atoms with Crippen LogP contribution in [0.5, 0.6) is 5.88 Å². The standard InChI is InChI=1S/C18H18ClN5O4S/c19-12-3-1-11(2-4-12)9-20-15(25)14-16(26)21-18-24(17(14)27)22-13(29-18)10-23-5-7-28-8-6-23/h1-4,27H,5-10H2,(H,20,25). The summed E-state index contributed by atoms with van der Waals surface area (Å²) in [6, 6.07) is 6.92. The van der Waals surface area contributed by atoms with Gasteiger partial charge < -0.3 is 15.2 Å². The molecular formula is C18H18ClN5O4S. The second-order valence-corrected chi connectivity index (χ2v) is 7.98. The van der Waals surface area contributed by atoms with Gasteiger partial charge in [0.1, 0.15) is 5.01 Å². The predicted octanol–water partition coefficient (Wildman–Crippen LogP) is 1.27. The van der Waals surface area contributed by atoms with Crippen LogP contribution in [0.15, 0.2) is 29.1 Å². The Morgan fingerprint density at radius 1 is 1.28 bits per heavy atom. The Morgan fingerprint density at radius 2 is 2.00 bits per heavy atom. The first-order valence-electron chi connectivity index (χ1n) is 8.96. The molecule has 0 atom stereocenters. The van der Waals surface area contributed by atoms with Crippen LogP contribution in [0.3, 0.4) is 0 Å². The van der Waals surface area contributed by atoms with Crippen LogP contribution in [0.4, 0.5) is 0 Å². The van der Waals surface area contributed by atoms with Gasteiger partial charge >= 0.3 is 0 Å². The van der Waals surface area contributed by atoms with Crippen molar-refractivity contribution in [1.82, 2.24) is 24.8 Å². The number of ether oxygens (including phenoxy) is 1. The molecule has 0 aliphatic carbocycles. The van der Waals surface area contributed by atoms with E-state index < -0.39 is 22.9 Å². The number of hydrogen-bond acceptors (Lipinski definition) is 8. The molecule has 1 saturated heterocycles. The van der Waals surface area contributed by atoms with Gasteiger partial charge in [0, 0.05) is 24.7 Å². The number of aromatic hydroxyl groups is 1. The Labute approximate surface area is 174 Å². The summed E-state index contributed by atoms with van der Waals surface area (Å²) in [4.78, 5) is 31.2. The third kappa shape index (κ3) is 4.40. The van der Waals surface area contributed by atoms with Crippen molar-refractivity contribution in [3.8, 4) is 5.88 Å². The lowest BCUT2D eigenvalue weighted by molar-refractivity contribution is 0.0340. The SMILES string of the molecule is O=C(NCc1ccc(Cl)cc1)c1c(O)n2nc(CN3CCOCC3)sc2nc1=O. The van der Waals surface area contributed by atoms with Crippen molar-refractivity contribution in [2.75, 3.05) is 26.3 Å². The molecule has 1 aliphatic rings. The minimum atomic E-state index is -0.794. The highest BCUT2D eigenvalue weighted by molar-refractivity contribution is 7.16. The Hall–Kier alpha value is -2.53. The molecule has 3 aromatic rings. The van der Waals surface area contributed by atoms with Crippen LogP contribution in [0.2, 0.25) is 5.02 Å². The summed E-state index contributed by atoms with van der Waals surface area (Å²) in [6.07, 6.45) is 0. The van der Waals surface area contributed by atoms with Gasteiger partial charge in [-0.15, -0.1) is 0 Å². The number of aromatic nitrogens is 3. The van der Waals surface area contributed by atoms with Crippen molar-refractivity contribution in [2.24, 2.45) is 0 Å². The second-order valence-electron chi connectivity index (χ2n) is 6.50. The zero-order valence-corrected chi connectivity index (χ0v) is 16.9. The lowest BCUT2D eigenvalue weighted by atomic mass is 10.2. The zero-order valence-electron chi connectivity index (χ0n) is 15.3. The highest BCUT2D eigenvalue weighted by Gasteiger charge is 2.23. The minimum absolute atomic E-state index is 0.178. The zero-order chi connectivity index (χ0) is 20.4. The molecular weight excluding hydrogens is 418 g/mol. The Morgan fingerprint density at radius 3 is 2.72 bits per heavy atom. The number of carbonyl (C=O) groups excluding carboxylic acids is 1. The summed E-state index contributed by atoms with van der Waals surface area (Å²) in [5.41, 5.74) is -0.421. The predicted molar refractivity (Wildman–Crippen MR) is 108 cm³/mol. The average Bonchev–Trinajstić information content (AvgIpc) is 3.11. The van der Waals surface area contributed by atoms with Gasteiger partial charge in [-0.05, 0) is 17.7 Å². The molecule has 4 rings (SSSR count). The molecule has 1 amide bonds. The van der Waals surface area contributed by atoms with Crippen LogP contribution in [0, 0.1) is 0 Å². The third-order valence-electron chi connectivity index (χ3n) is 4.49. The van der Waals surface area contributed by atoms with E-state index in [2.05, 4.69) is 20.3 Å². The Kier molecular flexibility index (Phi) is 5.76. The van der Waals surface area contributed by atoms with Gasteiger partial charge in [0.05, 0.1) is 19.8 Å². The van der Waals surface area contributed by atoms with E-state index in [0.717, 1.165) is 23.2 Å².